The second kappa shape index (κ2) is 6.86. The number of aromatic nitrogens is 1. The average Bonchev–Trinajstić information content (AvgIpc) is 2.89. The SMILES string of the molecule is CC(C)CC1COCCN1C(=O)NCc1nccs1. The predicted molar refractivity (Wildman–Crippen MR) is 75.1 cm³/mol. The molecule has 0 bridgehead atoms. The summed E-state index contributed by atoms with van der Waals surface area (Å²) in [4.78, 5) is 18.3. The van der Waals surface area contributed by atoms with Gasteiger partial charge in [0, 0.05) is 18.1 Å². The molecule has 0 spiro atoms. The number of hydrogen-bond acceptors (Lipinski definition) is 4. The van der Waals surface area contributed by atoms with E-state index < -0.39 is 0 Å². The van der Waals surface area contributed by atoms with E-state index in [0.29, 0.717) is 32.2 Å². The Bertz CT molecular complexity index is 395. The standard InChI is InChI=1S/C13H21N3O2S/c1-10(2)7-11-9-18-5-4-16(11)13(17)15-8-12-14-3-6-19-12/h3,6,10-11H,4-5,7-9H2,1-2H3,(H,15,17). The molecule has 2 rings (SSSR count). The second-order valence-corrected chi connectivity index (χ2v) is 6.12. The molecule has 1 aromatic rings. The van der Waals surface area contributed by atoms with Gasteiger partial charge in [-0.05, 0) is 12.3 Å². The molecule has 1 fully saturated rings. The third-order valence-electron chi connectivity index (χ3n) is 3.11. The van der Waals surface area contributed by atoms with Gasteiger partial charge in [0.2, 0.25) is 0 Å². The van der Waals surface area contributed by atoms with E-state index in [1.54, 1.807) is 17.5 Å². The van der Waals surface area contributed by atoms with Crippen LogP contribution in [0.3, 0.4) is 0 Å². The Hall–Kier alpha value is -1.14. The number of thiazole rings is 1. The van der Waals surface area contributed by atoms with Crippen LogP contribution >= 0.6 is 11.3 Å². The first-order chi connectivity index (χ1) is 9.16. The Morgan fingerprint density at radius 3 is 3.21 bits per heavy atom. The van der Waals surface area contributed by atoms with Gasteiger partial charge in [-0.3, -0.25) is 0 Å². The summed E-state index contributed by atoms with van der Waals surface area (Å²) in [5, 5.41) is 5.78. The molecule has 1 aromatic heterocycles. The number of rotatable bonds is 4. The summed E-state index contributed by atoms with van der Waals surface area (Å²) in [7, 11) is 0. The number of carbonyl (C=O) groups excluding carboxylic acids is 1. The molecule has 19 heavy (non-hydrogen) atoms. The smallest absolute Gasteiger partial charge is 0.318 e. The Morgan fingerprint density at radius 1 is 1.68 bits per heavy atom. The fraction of sp³-hybridized carbons (Fsp3) is 0.692. The van der Waals surface area contributed by atoms with Crippen molar-refractivity contribution in [3.63, 3.8) is 0 Å². The maximum Gasteiger partial charge on any atom is 0.318 e. The fourth-order valence-corrected chi connectivity index (χ4v) is 2.81. The van der Waals surface area contributed by atoms with Gasteiger partial charge in [-0.1, -0.05) is 13.8 Å². The number of nitrogens with one attached hydrogen (secondary N) is 1. The molecule has 0 radical (unpaired) electrons. The summed E-state index contributed by atoms with van der Waals surface area (Å²) in [6.45, 7) is 6.77. The van der Waals surface area contributed by atoms with E-state index in [1.165, 1.54) is 0 Å². The van der Waals surface area contributed by atoms with Crippen LogP contribution in [-0.2, 0) is 11.3 Å². The van der Waals surface area contributed by atoms with Crippen LogP contribution in [0.2, 0.25) is 0 Å². The quantitative estimate of drug-likeness (QED) is 0.920. The van der Waals surface area contributed by atoms with Crippen LogP contribution in [0, 0.1) is 5.92 Å². The van der Waals surface area contributed by atoms with E-state index in [1.807, 2.05) is 10.3 Å². The van der Waals surface area contributed by atoms with Gasteiger partial charge in [0.05, 0.1) is 25.8 Å². The first kappa shape index (κ1) is 14.3. The fourth-order valence-electron chi connectivity index (χ4n) is 2.25. The summed E-state index contributed by atoms with van der Waals surface area (Å²) in [6, 6.07) is 0.175. The Kier molecular flexibility index (Phi) is 5.15. The Balaban J connectivity index is 1.87. The molecule has 1 unspecified atom stereocenters. The highest BCUT2D eigenvalue weighted by molar-refractivity contribution is 7.09. The van der Waals surface area contributed by atoms with Crippen LogP contribution in [0.15, 0.2) is 11.6 Å². The van der Waals surface area contributed by atoms with Crippen molar-refractivity contribution >= 4 is 17.4 Å². The highest BCUT2D eigenvalue weighted by Gasteiger charge is 2.27. The van der Waals surface area contributed by atoms with Crippen LogP contribution < -0.4 is 5.32 Å². The molecule has 0 aliphatic carbocycles. The molecular weight excluding hydrogens is 262 g/mol. The van der Waals surface area contributed by atoms with Crippen LogP contribution in [0.1, 0.15) is 25.3 Å². The Labute approximate surface area is 118 Å². The molecule has 0 aromatic carbocycles. The third kappa shape index (κ3) is 4.18. The molecule has 0 saturated carbocycles. The molecule has 1 aliphatic rings. The van der Waals surface area contributed by atoms with Crippen LogP contribution in [-0.4, -0.2) is 41.7 Å². The number of urea groups is 1. The number of nitrogens with zero attached hydrogens (tertiary/aromatic N) is 2. The van der Waals surface area contributed by atoms with Crippen molar-refractivity contribution in [2.45, 2.75) is 32.9 Å². The van der Waals surface area contributed by atoms with Crippen LogP contribution in [0.25, 0.3) is 0 Å². The van der Waals surface area contributed by atoms with Gasteiger partial charge < -0.3 is 15.0 Å². The lowest BCUT2D eigenvalue weighted by Gasteiger charge is -2.36. The minimum Gasteiger partial charge on any atom is -0.377 e. The minimum atomic E-state index is -0.0100. The van der Waals surface area contributed by atoms with E-state index in [9.17, 15) is 4.79 Å². The normalized spacial score (nSPS) is 19.7. The zero-order chi connectivity index (χ0) is 13.7. The van der Waals surface area contributed by atoms with Crippen molar-refractivity contribution in [3.05, 3.63) is 16.6 Å². The highest BCUT2D eigenvalue weighted by Crippen LogP contribution is 2.16. The van der Waals surface area contributed by atoms with Gasteiger partial charge in [-0.25, -0.2) is 9.78 Å². The number of ether oxygens (including phenoxy) is 1. The minimum absolute atomic E-state index is 0.0100. The third-order valence-corrected chi connectivity index (χ3v) is 3.89. The van der Waals surface area contributed by atoms with Gasteiger partial charge in [-0.15, -0.1) is 11.3 Å². The van der Waals surface area contributed by atoms with Gasteiger partial charge in [-0.2, -0.15) is 0 Å². The first-order valence-corrected chi connectivity index (χ1v) is 7.55. The second-order valence-electron chi connectivity index (χ2n) is 5.14. The summed E-state index contributed by atoms with van der Waals surface area (Å²) < 4.78 is 5.48. The average molecular weight is 283 g/mol. The van der Waals surface area contributed by atoms with E-state index in [2.05, 4.69) is 24.1 Å². The van der Waals surface area contributed by atoms with Gasteiger partial charge >= 0.3 is 6.03 Å². The van der Waals surface area contributed by atoms with Gasteiger partial charge in [0.15, 0.2) is 0 Å². The molecule has 2 amide bonds. The maximum absolute atomic E-state index is 12.2. The molecule has 1 N–H and O–H groups in total. The summed E-state index contributed by atoms with van der Waals surface area (Å²) in [6.07, 6.45) is 2.73. The summed E-state index contributed by atoms with van der Waals surface area (Å²) in [5.41, 5.74) is 0. The molecule has 106 valence electrons. The van der Waals surface area contributed by atoms with E-state index in [-0.39, 0.29) is 12.1 Å². The zero-order valence-electron chi connectivity index (χ0n) is 11.5. The van der Waals surface area contributed by atoms with E-state index in [0.717, 1.165) is 11.4 Å². The van der Waals surface area contributed by atoms with Crippen LogP contribution in [0.4, 0.5) is 4.79 Å². The molecule has 1 aliphatic heterocycles. The molecular formula is C13H21N3O2S. The maximum atomic E-state index is 12.2. The summed E-state index contributed by atoms with van der Waals surface area (Å²) >= 11 is 1.55. The van der Waals surface area contributed by atoms with E-state index >= 15 is 0 Å². The molecule has 5 nitrogen and oxygen atoms in total. The molecule has 6 heteroatoms. The molecule has 1 saturated heterocycles. The van der Waals surface area contributed by atoms with Crippen molar-refractivity contribution in [2.75, 3.05) is 19.8 Å². The monoisotopic (exact) mass is 283 g/mol. The number of amides is 2. The van der Waals surface area contributed by atoms with Gasteiger partial charge in [0.25, 0.3) is 0 Å². The van der Waals surface area contributed by atoms with Gasteiger partial charge in [0.1, 0.15) is 5.01 Å². The lowest BCUT2D eigenvalue weighted by atomic mass is 10.0. The lowest BCUT2D eigenvalue weighted by Crippen LogP contribution is -2.52. The van der Waals surface area contributed by atoms with E-state index in [4.69, 9.17) is 4.74 Å². The topological polar surface area (TPSA) is 54.5 Å². The van der Waals surface area contributed by atoms with Crippen molar-refractivity contribution in [1.82, 2.24) is 15.2 Å². The first-order valence-electron chi connectivity index (χ1n) is 6.67. The number of morpholine rings is 1. The number of hydrogen-bond donors (Lipinski definition) is 1. The predicted octanol–water partition coefficient (Wildman–Crippen LogP) is 2.10. The lowest BCUT2D eigenvalue weighted by molar-refractivity contribution is 0.00551. The van der Waals surface area contributed by atoms with Crippen molar-refractivity contribution in [1.29, 1.82) is 0 Å². The summed E-state index contributed by atoms with van der Waals surface area (Å²) in [5.74, 6) is 0.556. The highest BCUT2D eigenvalue weighted by atomic mass is 32.1. The molecule has 1 atom stereocenters. The van der Waals surface area contributed by atoms with Crippen molar-refractivity contribution in [3.8, 4) is 0 Å². The Morgan fingerprint density at radius 2 is 2.53 bits per heavy atom. The van der Waals surface area contributed by atoms with Crippen LogP contribution in [0.5, 0.6) is 0 Å². The van der Waals surface area contributed by atoms with Crippen molar-refractivity contribution < 1.29 is 9.53 Å². The zero-order valence-corrected chi connectivity index (χ0v) is 12.3. The number of carbonyl (C=O) groups is 1. The van der Waals surface area contributed by atoms with Crippen molar-refractivity contribution in [2.24, 2.45) is 5.92 Å². The largest absolute Gasteiger partial charge is 0.377 e. The molecule has 2 heterocycles.